The SMILES string of the molecule is COc1cc(Cl)cc(CN)c1OC/C(Cl)=C/Cl. The molecule has 0 radical (unpaired) electrons. The van der Waals surface area contributed by atoms with Crippen molar-refractivity contribution in [3.8, 4) is 11.5 Å². The number of benzene rings is 1. The normalized spacial score (nSPS) is 11.5. The van der Waals surface area contributed by atoms with Gasteiger partial charge in [-0.1, -0.05) is 34.8 Å². The van der Waals surface area contributed by atoms with Crippen LogP contribution in [0.2, 0.25) is 5.02 Å². The van der Waals surface area contributed by atoms with Gasteiger partial charge in [-0.2, -0.15) is 0 Å². The summed E-state index contributed by atoms with van der Waals surface area (Å²) in [6, 6.07) is 3.37. The summed E-state index contributed by atoms with van der Waals surface area (Å²) in [5.41, 5.74) is 7.60. The third-order valence-electron chi connectivity index (χ3n) is 2.01. The van der Waals surface area contributed by atoms with E-state index in [1.165, 1.54) is 12.6 Å². The molecule has 3 nitrogen and oxygen atoms in total. The number of halogens is 3. The molecule has 6 heteroatoms. The maximum atomic E-state index is 5.92. The van der Waals surface area contributed by atoms with Crippen LogP contribution in [-0.2, 0) is 6.54 Å². The van der Waals surface area contributed by atoms with Crippen LogP contribution in [0, 0.1) is 0 Å². The Bertz CT molecular complexity index is 396. The lowest BCUT2D eigenvalue weighted by molar-refractivity contribution is 0.320. The van der Waals surface area contributed by atoms with Crippen LogP contribution in [-0.4, -0.2) is 13.7 Å². The quantitative estimate of drug-likeness (QED) is 0.904. The minimum Gasteiger partial charge on any atom is -0.493 e. The molecule has 0 aliphatic heterocycles. The second-order valence-corrected chi connectivity index (χ2v) is 4.29. The van der Waals surface area contributed by atoms with Crippen molar-refractivity contribution >= 4 is 34.8 Å². The fourth-order valence-electron chi connectivity index (χ4n) is 1.26. The van der Waals surface area contributed by atoms with Gasteiger partial charge in [0, 0.05) is 28.7 Å². The van der Waals surface area contributed by atoms with E-state index in [4.69, 9.17) is 50.0 Å². The van der Waals surface area contributed by atoms with Gasteiger partial charge in [0.1, 0.15) is 6.61 Å². The second-order valence-electron chi connectivity index (χ2n) is 3.15. The van der Waals surface area contributed by atoms with E-state index in [9.17, 15) is 0 Å². The lowest BCUT2D eigenvalue weighted by Crippen LogP contribution is -2.05. The zero-order chi connectivity index (χ0) is 12.8. The largest absolute Gasteiger partial charge is 0.493 e. The van der Waals surface area contributed by atoms with E-state index in [0.717, 1.165) is 5.56 Å². The van der Waals surface area contributed by atoms with Crippen LogP contribution in [0.15, 0.2) is 22.7 Å². The predicted octanol–water partition coefficient (Wildman–Crippen LogP) is 3.51. The van der Waals surface area contributed by atoms with Gasteiger partial charge in [-0.25, -0.2) is 0 Å². The highest BCUT2D eigenvalue weighted by Gasteiger charge is 2.12. The van der Waals surface area contributed by atoms with Gasteiger partial charge in [-0.3, -0.25) is 0 Å². The number of nitrogens with two attached hydrogens (primary N) is 1. The summed E-state index contributed by atoms with van der Waals surface area (Å²) in [7, 11) is 1.53. The summed E-state index contributed by atoms with van der Waals surface area (Å²) < 4.78 is 10.7. The molecule has 0 unspecified atom stereocenters. The van der Waals surface area contributed by atoms with E-state index >= 15 is 0 Å². The smallest absolute Gasteiger partial charge is 0.166 e. The van der Waals surface area contributed by atoms with Crippen LogP contribution in [0.3, 0.4) is 0 Å². The van der Waals surface area contributed by atoms with E-state index < -0.39 is 0 Å². The fourth-order valence-corrected chi connectivity index (χ4v) is 1.61. The predicted molar refractivity (Wildman–Crippen MR) is 71.2 cm³/mol. The highest BCUT2D eigenvalue weighted by atomic mass is 35.5. The zero-order valence-electron chi connectivity index (χ0n) is 9.17. The minimum absolute atomic E-state index is 0.149. The third-order valence-corrected chi connectivity index (χ3v) is 2.82. The molecule has 17 heavy (non-hydrogen) atoms. The van der Waals surface area contributed by atoms with Gasteiger partial charge in [-0.15, -0.1) is 0 Å². The Morgan fingerprint density at radius 1 is 1.47 bits per heavy atom. The molecule has 1 aromatic rings. The van der Waals surface area contributed by atoms with Crippen molar-refractivity contribution in [3.63, 3.8) is 0 Å². The molecule has 0 atom stereocenters. The Labute approximate surface area is 115 Å². The van der Waals surface area contributed by atoms with Crippen molar-refractivity contribution in [2.45, 2.75) is 6.54 Å². The van der Waals surface area contributed by atoms with Gasteiger partial charge in [0.25, 0.3) is 0 Å². The lowest BCUT2D eigenvalue weighted by atomic mass is 10.2. The number of methoxy groups -OCH3 is 1. The van der Waals surface area contributed by atoms with E-state index in [-0.39, 0.29) is 13.2 Å². The molecule has 0 amide bonds. The maximum Gasteiger partial charge on any atom is 0.166 e. The topological polar surface area (TPSA) is 44.5 Å². The van der Waals surface area contributed by atoms with Crippen LogP contribution >= 0.6 is 34.8 Å². The first-order valence-corrected chi connectivity index (χ1v) is 5.95. The Hall–Kier alpha value is -0.610. The van der Waals surface area contributed by atoms with Crippen LogP contribution in [0.1, 0.15) is 5.56 Å². The summed E-state index contributed by atoms with van der Waals surface area (Å²) in [5, 5.41) is 0.917. The molecule has 0 spiro atoms. The fraction of sp³-hybridized carbons (Fsp3) is 0.273. The second kappa shape index (κ2) is 6.97. The first-order chi connectivity index (χ1) is 8.12. The molecule has 1 aromatic carbocycles. The third kappa shape index (κ3) is 3.96. The van der Waals surface area contributed by atoms with Crippen molar-refractivity contribution in [1.82, 2.24) is 0 Å². The van der Waals surface area contributed by atoms with Crippen LogP contribution < -0.4 is 15.2 Å². The highest BCUT2D eigenvalue weighted by Crippen LogP contribution is 2.34. The maximum absolute atomic E-state index is 5.92. The number of ether oxygens (including phenoxy) is 2. The van der Waals surface area contributed by atoms with Gasteiger partial charge < -0.3 is 15.2 Å². The lowest BCUT2D eigenvalue weighted by Gasteiger charge is -2.14. The molecule has 0 bridgehead atoms. The van der Waals surface area contributed by atoms with Crippen LogP contribution in [0.4, 0.5) is 0 Å². The average molecular weight is 297 g/mol. The highest BCUT2D eigenvalue weighted by molar-refractivity contribution is 6.36. The van der Waals surface area contributed by atoms with Crippen molar-refractivity contribution < 1.29 is 9.47 Å². The van der Waals surface area contributed by atoms with Crippen molar-refractivity contribution in [2.24, 2.45) is 5.73 Å². The van der Waals surface area contributed by atoms with Crippen molar-refractivity contribution in [2.75, 3.05) is 13.7 Å². The van der Waals surface area contributed by atoms with E-state index in [1.807, 2.05) is 0 Å². The molecule has 1 rings (SSSR count). The minimum atomic E-state index is 0.149. The summed E-state index contributed by atoms with van der Waals surface area (Å²) >= 11 is 17.1. The Morgan fingerprint density at radius 3 is 2.71 bits per heavy atom. The van der Waals surface area contributed by atoms with Gasteiger partial charge in [0.05, 0.1) is 12.1 Å². The molecule has 0 heterocycles. The number of hydrogen-bond acceptors (Lipinski definition) is 3. The van der Waals surface area contributed by atoms with Crippen LogP contribution in [0.25, 0.3) is 0 Å². The molecule has 0 saturated carbocycles. The Kier molecular flexibility index (Phi) is 5.92. The number of hydrogen-bond donors (Lipinski definition) is 1. The molecule has 0 aliphatic rings. The van der Waals surface area contributed by atoms with Gasteiger partial charge >= 0.3 is 0 Å². The summed E-state index contributed by atoms with van der Waals surface area (Å²) in [6.07, 6.45) is 0. The van der Waals surface area contributed by atoms with Crippen molar-refractivity contribution in [1.29, 1.82) is 0 Å². The van der Waals surface area contributed by atoms with Gasteiger partial charge in [0.15, 0.2) is 11.5 Å². The molecule has 0 saturated heterocycles. The molecule has 2 N–H and O–H groups in total. The van der Waals surface area contributed by atoms with Gasteiger partial charge in [-0.05, 0) is 6.07 Å². The van der Waals surface area contributed by atoms with E-state index in [0.29, 0.717) is 21.6 Å². The summed E-state index contributed by atoms with van der Waals surface area (Å²) in [5.74, 6) is 1.04. The molecule has 0 fully saturated rings. The number of rotatable bonds is 5. The Balaban J connectivity index is 3.02. The standard InChI is InChI=1S/C11H12Cl3NO2/c1-16-10-3-8(13)2-7(5-15)11(10)17-6-9(14)4-12/h2-4H,5-6,15H2,1H3/b9-4-. The monoisotopic (exact) mass is 295 g/mol. The molecular formula is C11H12Cl3NO2. The molecular weight excluding hydrogens is 284 g/mol. The van der Waals surface area contributed by atoms with E-state index in [2.05, 4.69) is 0 Å². The summed E-state index contributed by atoms with van der Waals surface area (Å²) in [4.78, 5) is 0. The first-order valence-electron chi connectivity index (χ1n) is 4.76. The molecule has 94 valence electrons. The zero-order valence-corrected chi connectivity index (χ0v) is 11.4. The molecule has 0 aliphatic carbocycles. The van der Waals surface area contributed by atoms with Crippen molar-refractivity contribution in [3.05, 3.63) is 33.3 Å². The van der Waals surface area contributed by atoms with Crippen LogP contribution in [0.5, 0.6) is 11.5 Å². The average Bonchev–Trinajstić information content (AvgIpc) is 2.35. The van der Waals surface area contributed by atoms with E-state index in [1.54, 1.807) is 12.1 Å². The molecule has 0 aromatic heterocycles. The summed E-state index contributed by atoms with van der Waals surface area (Å²) in [6.45, 7) is 0.435. The van der Waals surface area contributed by atoms with Gasteiger partial charge in [0.2, 0.25) is 0 Å². The Morgan fingerprint density at radius 2 is 2.18 bits per heavy atom. The first kappa shape index (κ1) is 14.5.